The van der Waals surface area contributed by atoms with E-state index in [1.165, 1.54) is 0 Å². The van der Waals surface area contributed by atoms with Crippen LogP contribution in [-0.4, -0.2) is 34.7 Å². The lowest BCUT2D eigenvalue weighted by Crippen LogP contribution is -2.43. The maximum atomic E-state index is 12.7. The number of hydrogen-bond donors (Lipinski definition) is 2. The molecule has 0 bridgehead atoms. The molecule has 3 N–H and O–H groups in total. The minimum absolute atomic E-state index is 0.0657. The molecule has 2 aromatic carbocycles. The van der Waals surface area contributed by atoms with Crippen molar-refractivity contribution < 1.29 is 19.4 Å². The Morgan fingerprint density at radius 2 is 1.63 bits per heavy atom. The van der Waals surface area contributed by atoms with Crippen molar-refractivity contribution in [2.75, 3.05) is 6.61 Å². The Labute approximate surface area is 174 Å². The number of carboxylic acids is 1. The van der Waals surface area contributed by atoms with E-state index in [9.17, 15) is 14.7 Å². The highest BCUT2D eigenvalue weighted by molar-refractivity contribution is 5.95. The second kappa shape index (κ2) is 8.47. The van der Waals surface area contributed by atoms with Crippen LogP contribution < -0.4 is 5.73 Å². The molecule has 0 saturated heterocycles. The zero-order valence-electron chi connectivity index (χ0n) is 16.3. The van der Waals surface area contributed by atoms with Gasteiger partial charge in [0.05, 0.1) is 0 Å². The summed E-state index contributed by atoms with van der Waals surface area (Å²) in [7, 11) is 0. The highest BCUT2D eigenvalue weighted by atomic mass is 16.5. The molecule has 4 rings (SSSR count). The third kappa shape index (κ3) is 3.82. The summed E-state index contributed by atoms with van der Waals surface area (Å²) in [6, 6.07) is 18.6. The van der Waals surface area contributed by atoms with Crippen LogP contribution >= 0.6 is 0 Å². The Hall–Kier alpha value is -3.51. The minimum Gasteiger partial charge on any atom is -0.481 e. The number of benzene rings is 2. The normalized spacial score (nSPS) is 14.4. The number of fused-ring (bicyclic) bond motifs is 3. The zero-order valence-corrected chi connectivity index (χ0v) is 16.3. The van der Waals surface area contributed by atoms with Crippen LogP contribution in [0.3, 0.4) is 0 Å². The second-order valence-corrected chi connectivity index (χ2v) is 7.40. The van der Waals surface area contributed by atoms with Crippen LogP contribution in [0.4, 0.5) is 0 Å². The van der Waals surface area contributed by atoms with E-state index < -0.39 is 23.9 Å². The first-order valence-electron chi connectivity index (χ1n) is 9.78. The summed E-state index contributed by atoms with van der Waals surface area (Å²) in [5.41, 5.74) is 11.2. The Balaban J connectivity index is 1.50. The number of ether oxygens (including phenoxy) is 1. The maximum Gasteiger partial charge on any atom is 0.321 e. The van der Waals surface area contributed by atoms with Crippen molar-refractivity contribution in [3.8, 4) is 11.1 Å². The monoisotopic (exact) mass is 402 g/mol. The van der Waals surface area contributed by atoms with E-state index in [-0.39, 0.29) is 18.9 Å². The van der Waals surface area contributed by atoms with Gasteiger partial charge in [0.2, 0.25) is 0 Å². The van der Waals surface area contributed by atoms with E-state index >= 15 is 0 Å². The predicted molar refractivity (Wildman–Crippen MR) is 112 cm³/mol. The average molecular weight is 402 g/mol. The molecule has 0 saturated carbocycles. The molecule has 1 aromatic heterocycles. The number of aromatic nitrogens is 1. The van der Waals surface area contributed by atoms with Crippen molar-refractivity contribution in [3.05, 3.63) is 89.7 Å². The van der Waals surface area contributed by atoms with Crippen LogP contribution in [0, 0.1) is 5.92 Å². The third-order valence-electron chi connectivity index (χ3n) is 5.50. The van der Waals surface area contributed by atoms with E-state index in [0.29, 0.717) is 0 Å². The number of carboxylic acid groups (broad SMARTS) is 1. The number of carbonyl (C=O) groups is 2. The molecule has 0 aliphatic heterocycles. The van der Waals surface area contributed by atoms with E-state index in [0.717, 1.165) is 27.8 Å². The minimum atomic E-state index is -1.45. The number of aliphatic carboxylic acids is 1. The standard InChI is InChI=1S/C24H22N2O4/c25-21(12-15-6-5-11-26-13-15)22(23(27)28)24(29)30-14-20-18-9-3-1-7-16(18)17-8-2-4-10-19(17)20/h1-11,13,20-22H,12,14,25H2,(H,27,28)/t21?,22-/m0/s1. The smallest absolute Gasteiger partial charge is 0.321 e. The Kier molecular flexibility index (Phi) is 5.59. The van der Waals surface area contributed by atoms with Crippen molar-refractivity contribution in [1.82, 2.24) is 4.98 Å². The van der Waals surface area contributed by atoms with Crippen molar-refractivity contribution in [2.45, 2.75) is 18.4 Å². The zero-order chi connectivity index (χ0) is 21.1. The summed E-state index contributed by atoms with van der Waals surface area (Å²) >= 11 is 0. The molecule has 6 nitrogen and oxygen atoms in total. The summed E-state index contributed by atoms with van der Waals surface area (Å²) in [4.78, 5) is 28.5. The van der Waals surface area contributed by atoms with Crippen LogP contribution in [0.15, 0.2) is 73.1 Å². The molecule has 1 aliphatic rings. The van der Waals surface area contributed by atoms with E-state index in [2.05, 4.69) is 4.98 Å². The number of pyridine rings is 1. The molecule has 30 heavy (non-hydrogen) atoms. The van der Waals surface area contributed by atoms with Gasteiger partial charge in [-0.05, 0) is 40.3 Å². The molecule has 1 aliphatic carbocycles. The van der Waals surface area contributed by atoms with Gasteiger partial charge in [-0.1, -0.05) is 54.6 Å². The molecular formula is C24H22N2O4. The van der Waals surface area contributed by atoms with Crippen LogP contribution in [-0.2, 0) is 20.7 Å². The Morgan fingerprint density at radius 1 is 1.00 bits per heavy atom. The molecule has 1 heterocycles. The van der Waals surface area contributed by atoms with Gasteiger partial charge in [0.1, 0.15) is 6.61 Å². The van der Waals surface area contributed by atoms with Gasteiger partial charge in [0.15, 0.2) is 5.92 Å². The number of rotatable bonds is 7. The number of carbonyl (C=O) groups excluding carboxylic acids is 1. The molecule has 152 valence electrons. The quantitative estimate of drug-likeness (QED) is 0.465. The lowest BCUT2D eigenvalue weighted by atomic mass is 9.94. The van der Waals surface area contributed by atoms with Gasteiger partial charge in [0.25, 0.3) is 0 Å². The highest BCUT2D eigenvalue weighted by Crippen LogP contribution is 2.44. The fraction of sp³-hybridized carbons (Fsp3) is 0.208. The molecule has 0 spiro atoms. The second-order valence-electron chi connectivity index (χ2n) is 7.40. The lowest BCUT2D eigenvalue weighted by Gasteiger charge is -2.21. The van der Waals surface area contributed by atoms with Gasteiger partial charge in [-0.15, -0.1) is 0 Å². The molecule has 0 amide bonds. The number of nitrogens with zero attached hydrogens (tertiary/aromatic N) is 1. The van der Waals surface area contributed by atoms with E-state index in [1.54, 1.807) is 24.5 Å². The van der Waals surface area contributed by atoms with Crippen molar-refractivity contribution >= 4 is 11.9 Å². The van der Waals surface area contributed by atoms with Crippen LogP contribution in [0.1, 0.15) is 22.6 Å². The fourth-order valence-corrected chi connectivity index (χ4v) is 4.06. The summed E-state index contributed by atoms with van der Waals surface area (Å²) in [6.45, 7) is 0.0657. The van der Waals surface area contributed by atoms with E-state index in [4.69, 9.17) is 10.5 Å². The van der Waals surface area contributed by atoms with Crippen molar-refractivity contribution in [3.63, 3.8) is 0 Å². The van der Waals surface area contributed by atoms with Gasteiger partial charge in [-0.3, -0.25) is 14.6 Å². The number of hydrogen-bond acceptors (Lipinski definition) is 5. The summed E-state index contributed by atoms with van der Waals surface area (Å²) in [5, 5.41) is 9.60. The summed E-state index contributed by atoms with van der Waals surface area (Å²) in [6.07, 6.45) is 3.45. The maximum absolute atomic E-state index is 12.7. The van der Waals surface area contributed by atoms with Gasteiger partial charge >= 0.3 is 11.9 Å². The SMILES string of the molecule is NC(Cc1cccnc1)[C@@H](C(=O)O)C(=O)OCC1c2ccccc2-c2ccccc21. The third-order valence-corrected chi connectivity index (χ3v) is 5.50. The average Bonchev–Trinajstić information content (AvgIpc) is 3.06. The van der Waals surface area contributed by atoms with Gasteiger partial charge in [0, 0.05) is 24.4 Å². The summed E-state index contributed by atoms with van der Waals surface area (Å²) in [5.74, 6) is -3.69. The van der Waals surface area contributed by atoms with Gasteiger partial charge < -0.3 is 15.6 Å². The first-order chi connectivity index (χ1) is 14.6. The molecule has 2 atom stereocenters. The first kappa shape index (κ1) is 19.8. The van der Waals surface area contributed by atoms with Gasteiger partial charge in [-0.2, -0.15) is 0 Å². The fourth-order valence-electron chi connectivity index (χ4n) is 4.06. The number of esters is 1. The molecule has 0 radical (unpaired) electrons. The molecular weight excluding hydrogens is 380 g/mol. The number of nitrogens with two attached hydrogens (primary N) is 1. The molecule has 6 heteroatoms. The van der Waals surface area contributed by atoms with Crippen LogP contribution in [0.5, 0.6) is 0 Å². The van der Waals surface area contributed by atoms with Crippen molar-refractivity contribution in [1.29, 1.82) is 0 Å². The van der Waals surface area contributed by atoms with Crippen molar-refractivity contribution in [2.24, 2.45) is 11.7 Å². The first-order valence-corrected chi connectivity index (χ1v) is 9.78. The molecule has 1 unspecified atom stereocenters. The Bertz CT molecular complexity index is 1020. The van der Waals surface area contributed by atoms with E-state index in [1.807, 2.05) is 48.5 Å². The largest absolute Gasteiger partial charge is 0.481 e. The highest BCUT2D eigenvalue weighted by Gasteiger charge is 2.36. The summed E-state index contributed by atoms with van der Waals surface area (Å²) < 4.78 is 5.51. The molecule has 3 aromatic rings. The predicted octanol–water partition coefficient (Wildman–Crippen LogP) is 3.01. The Morgan fingerprint density at radius 3 is 2.20 bits per heavy atom. The van der Waals surface area contributed by atoms with Crippen LogP contribution in [0.2, 0.25) is 0 Å². The van der Waals surface area contributed by atoms with Crippen LogP contribution in [0.25, 0.3) is 11.1 Å². The topological polar surface area (TPSA) is 103 Å². The lowest BCUT2D eigenvalue weighted by molar-refractivity contribution is -0.159. The van der Waals surface area contributed by atoms with Gasteiger partial charge in [-0.25, -0.2) is 0 Å². The molecule has 0 fully saturated rings.